The first kappa shape index (κ1) is 15.4. The third-order valence-corrected chi connectivity index (χ3v) is 5.77. The van der Waals surface area contributed by atoms with Gasteiger partial charge in [0.1, 0.15) is 4.90 Å². The fourth-order valence-electron chi connectivity index (χ4n) is 2.17. The van der Waals surface area contributed by atoms with Gasteiger partial charge in [-0.2, -0.15) is 0 Å². The number of carbonyl (C=O) groups is 1. The van der Waals surface area contributed by atoms with Crippen molar-refractivity contribution in [3.05, 3.63) is 22.4 Å². The van der Waals surface area contributed by atoms with Crippen LogP contribution in [-0.4, -0.2) is 19.7 Å². The Labute approximate surface area is 123 Å². The summed E-state index contributed by atoms with van der Waals surface area (Å²) in [5.74, 6) is 0.0757. The topological polar surface area (TPSA) is 63.2 Å². The Bertz CT molecular complexity index is 648. The van der Waals surface area contributed by atoms with Gasteiger partial charge in [-0.15, -0.1) is 11.3 Å². The van der Waals surface area contributed by atoms with Crippen LogP contribution < -0.4 is 4.72 Å². The fourth-order valence-corrected chi connectivity index (χ4v) is 5.11. The first-order valence-corrected chi connectivity index (χ1v) is 8.90. The monoisotopic (exact) mass is 313 g/mol. The highest BCUT2D eigenvalue weighted by atomic mass is 32.2. The maximum absolute atomic E-state index is 12.4. The predicted molar refractivity (Wildman–Crippen MR) is 81.2 cm³/mol. The minimum atomic E-state index is -3.56. The molecule has 2 rings (SSSR count). The molecule has 1 aliphatic rings. The second-order valence-corrected chi connectivity index (χ2v) is 8.53. The summed E-state index contributed by atoms with van der Waals surface area (Å²) >= 11 is 1.37. The molecule has 0 bridgehead atoms. The summed E-state index contributed by atoms with van der Waals surface area (Å²) in [6.07, 6.45) is 3.68. The molecule has 1 N–H and O–H groups in total. The Balaban J connectivity index is 2.41. The van der Waals surface area contributed by atoms with Crippen LogP contribution in [0.2, 0.25) is 0 Å². The number of rotatable bonds is 3. The highest BCUT2D eigenvalue weighted by Crippen LogP contribution is 2.34. The van der Waals surface area contributed by atoms with E-state index >= 15 is 0 Å². The number of allylic oxidation sites excluding steroid dienone is 2. The van der Waals surface area contributed by atoms with E-state index in [0.717, 1.165) is 18.4 Å². The zero-order valence-corrected chi connectivity index (χ0v) is 13.5. The van der Waals surface area contributed by atoms with Crippen LogP contribution in [0.4, 0.5) is 0 Å². The molecule has 6 heteroatoms. The normalized spacial score (nSPS) is 17.1. The van der Waals surface area contributed by atoms with Crippen LogP contribution in [0.25, 0.3) is 5.57 Å². The Morgan fingerprint density at radius 3 is 2.55 bits per heavy atom. The first-order chi connectivity index (χ1) is 9.19. The number of sulfonamides is 1. The van der Waals surface area contributed by atoms with Crippen molar-refractivity contribution in [3.63, 3.8) is 0 Å². The molecule has 1 heterocycles. The van der Waals surface area contributed by atoms with Gasteiger partial charge in [-0.25, -0.2) is 13.1 Å². The van der Waals surface area contributed by atoms with Crippen LogP contribution in [0.5, 0.6) is 0 Å². The molecule has 0 spiro atoms. The van der Waals surface area contributed by atoms with Gasteiger partial charge in [-0.3, -0.25) is 4.79 Å². The van der Waals surface area contributed by atoms with E-state index in [2.05, 4.69) is 4.72 Å². The van der Waals surface area contributed by atoms with E-state index in [1.807, 2.05) is 0 Å². The summed E-state index contributed by atoms with van der Waals surface area (Å²) in [5.41, 5.74) is 0.306. The lowest BCUT2D eigenvalue weighted by atomic mass is 9.98. The van der Waals surface area contributed by atoms with E-state index in [9.17, 15) is 13.2 Å². The molecule has 1 aliphatic carbocycles. The molecule has 20 heavy (non-hydrogen) atoms. The zero-order valence-electron chi connectivity index (χ0n) is 11.9. The van der Waals surface area contributed by atoms with Crippen molar-refractivity contribution in [2.45, 2.75) is 50.5 Å². The van der Waals surface area contributed by atoms with E-state index < -0.39 is 15.6 Å². The van der Waals surface area contributed by atoms with Crippen LogP contribution >= 0.6 is 11.3 Å². The number of ketones is 1. The summed E-state index contributed by atoms with van der Waals surface area (Å²) in [6, 6.07) is 1.61. The van der Waals surface area contributed by atoms with E-state index in [0.29, 0.717) is 11.3 Å². The highest BCUT2D eigenvalue weighted by molar-refractivity contribution is 7.89. The van der Waals surface area contributed by atoms with Crippen molar-refractivity contribution in [2.75, 3.05) is 0 Å². The lowest BCUT2D eigenvalue weighted by molar-refractivity contribution is -0.114. The van der Waals surface area contributed by atoms with Gasteiger partial charge >= 0.3 is 0 Å². The SMILES string of the molecule is CC(C)(C)NS(=O)(=O)c1ccsc1C1=CC(=O)CCC1. The number of carbonyl (C=O) groups excluding carboxylic acids is 1. The zero-order chi connectivity index (χ0) is 15.0. The first-order valence-electron chi connectivity index (χ1n) is 6.54. The van der Waals surface area contributed by atoms with Gasteiger partial charge in [0.05, 0.1) is 4.88 Å². The number of nitrogens with one attached hydrogen (secondary N) is 1. The minimum absolute atomic E-state index is 0.0757. The molecule has 0 fully saturated rings. The smallest absolute Gasteiger partial charge is 0.242 e. The molecule has 110 valence electrons. The average molecular weight is 313 g/mol. The molecule has 0 radical (unpaired) electrons. The molecule has 0 unspecified atom stereocenters. The van der Waals surface area contributed by atoms with E-state index in [4.69, 9.17) is 0 Å². The van der Waals surface area contributed by atoms with Crippen molar-refractivity contribution >= 4 is 32.7 Å². The molecule has 0 saturated heterocycles. The van der Waals surface area contributed by atoms with E-state index in [-0.39, 0.29) is 10.7 Å². The summed E-state index contributed by atoms with van der Waals surface area (Å²) in [4.78, 5) is 12.5. The standard InChI is InChI=1S/C14H19NO3S2/c1-14(2,3)15-20(17,18)12-7-8-19-13(12)10-5-4-6-11(16)9-10/h7-9,15H,4-6H2,1-3H3. The van der Waals surface area contributed by atoms with Crippen LogP contribution in [0.15, 0.2) is 22.4 Å². The van der Waals surface area contributed by atoms with Crippen LogP contribution in [0.1, 0.15) is 44.9 Å². The quantitative estimate of drug-likeness (QED) is 0.933. The number of hydrogen-bond donors (Lipinski definition) is 1. The molecule has 4 nitrogen and oxygen atoms in total. The maximum Gasteiger partial charge on any atom is 0.242 e. The van der Waals surface area contributed by atoms with Crippen LogP contribution in [0, 0.1) is 0 Å². The van der Waals surface area contributed by atoms with Gasteiger partial charge < -0.3 is 0 Å². The highest BCUT2D eigenvalue weighted by Gasteiger charge is 2.27. The Kier molecular flexibility index (Phi) is 4.18. The molecule has 0 aromatic carbocycles. The fraction of sp³-hybridized carbons (Fsp3) is 0.500. The third-order valence-electron chi connectivity index (χ3n) is 2.86. The molecule has 0 aliphatic heterocycles. The average Bonchev–Trinajstić information content (AvgIpc) is 2.75. The van der Waals surface area contributed by atoms with Crippen molar-refractivity contribution in [1.29, 1.82) is 0 Å². The maximum atomic E-state index is 12.4. The van der Waals surface area contributed by atoms with Crippen LogP contribution in [-0.2, 0) is 14.8 Å². The van der Waals surface area contributed by atoms with Crippen LogP contribution in [0.3, 0.4) is 0 Å². The molecule has 0 saturated carbocycles. The predicted octanol–water partition coefficient (Wildman–Crippen LogP) is 2.96. The number of thiophene rings is 1. The molecule has 0 atom stereocenters. The molecule has 1 aromatic heterocycles. The lowest BCUT2D eigenvalue weighted by Gasteiger charge is -2.21. The molecule has 1 aromatic rings. The minimum Gasteiger partial charge on any atom is -0.295 e. The molecule has 0 amide bonds. The second-order valence-electron chi connectivity index (χ2n) is 5.96. The van der Waals surface area contributed by atoms with Crippen molar-refractivity contribution in [3.8, 4) is 0 Å². The Morgan fingerprint density at radius 2 is 1.95 bits per heavy atom. The van der Waals surface area contributed by atoms with Gasteiger partial charge in [-0.1, -0.05) is 0 Å². The van der Waals surface area contributed by atoms with E-state index in [1.54, 1.807) is 38.3 Å². The second kappa shape index (κ2) is 5.42. The van der Waals surface area contributed by atoms with Crippen molar-refractivity contribution < 1.29 is 13.2 Å². The third kappa shape index (κ3) is 3.56. The summed E-state index contributed by atoms with van der Waals surface area (Å²) in [6.45, 7) is 5.42. The summed E-state index contributed by atoms with van der Waals surface area (Å²) in [5, 5.41) is 1.76. The van der Waals surface area contributed by atoms with Crippen molar-refractivity contribution in [2.24, 2.45) is 0 Å². The van der Waals surface area contributed by atoms with Gasteiger partial charge in [0.2, 0.25) is 10.0 Å². The molecular formula is C14H19NO3S2. The van der Waals surface area contributed by atoms with Crippen molar-refractivity contribution in [1.82, 2.24) is 4.72 Å². The van der Waals surface area contributed by atoms with Gasteiger partial charge in [0.25, 0.3) is 0 Å². The largest absolute Gasteiger partial charge is 0.295 e. The molecular weight excluding hydrogens is 294 g/mol. The van der Waals surface area contributed by atoms with E-state index in [1.165, 1.54) is 11.3 Å². The number of hydrogen-bond acceptors (Lipinski definition) is 4. The van der Waals surface area contributed by atoms with Gasteiger partial charge in [0.15, 0.2) is 5.78 Å². The lowest BCUT2D eigenvalue weighted by Crippen LogP contribution is -2.40. The van der Waals surface area contributed by atoms with Gasteiger partial charge in [-0.05, 0) is 56.7 Å². The van der Waals surface area contributed by atoms with Gasteiger partial charge in [0, 0.05) is 12.0 Å². The summed E-state index contributed by atoms with van der Waals surface area (Å²) in [7, 11) is -3.56. The Hall–Kier alpha value is -0.980. The Morgan fingerprint density at radius 1 is 1.25 bits per heavy atom. The summed E-state index contributed by atoms with van der Waals surface area (Å²) < 4.78 is 27.5.